The van der Waals surface area contributed by atoms with Crippen LogP contribution in [0.2, 0.25) is 0 Å². The summed E-state index contributed by atoms with van der Waals surface area (Å²) in [6, 6.07) is 112. The Bertz CT molecular complexity index is 6170. The van der Waals surface area contributed by atoms with Crippen LogP contribution in [0, 0.1) is 6.92 Å². The Labute approximate surface area is 587 Å². The minimum absolute atomic E-state index is 0.0239. The lowest BCUT2D eigenvalue weighted by Gasteiger charge is -2.30. The lowest BCUT2D eigenvalue weighted by molar-refractivity contribution is 0.590. The van der Waals surface area contributed by atoms with Gasteiger partial charge >= 0.3 is 0 Å². The highest BCUT2D eigenvalue weighted by Crippen LogP contribution is 2.58. The second-order valence-electron chi connectivity index (χ2n) is 31.3. The fourth-order valence-electron chi connectivity index (χ4n) is 18.1. The summed E-state index contributed by atoms with van der Waals surface area (Å²) < 4.78 is 0. The number of fused-ring (bicyclic) bond motifs is 18. The zero-order valence-electron chi connectivity index (χ0n) is 58.6. The smallest absolute Gasteiger partial charge is 0.0468 e. The van der Waals surface area contributed by atoms with Crippen molar-refractivity contribution in [1.82, 2.24) is 0 Å². The number of aryl methyl sites for hydroxylation is 1. The van der Waals surface area contributed by atoms with Gasteiger partial charge < -0.3 is 9.80 Å². The molecule has 0 heterocycles. The molecule has 0 bridgehead atoms. The van der Waals surface area contributed by atoms with E-state index in [-0.39, 0.29) is 21.7 Å². The van der Waals surface area contributed by atoms with Crippen molar-refractivity contribution in [1.29, 1.82) is 0 Å². The third-order valence-electron chi connectivity index (χ3n) is 23.4. The van der Waals surface area contributed by atoms with Crippen LogP contribution in [-0.4, -0.2) is 0 Å². The van der Waals surface area contributed by atoms with Gasteiger partial charge in [0.1, 0.15) is 0 Å². The molecule has 2 heteroatoms. The average molecular weight is 1280 g/mol. The summed E-state index contributed by atoms with van der Waals surface area (Å²) in [5.41, 5.74) is 29.4. The maximum absolute atomic E-state index is 2.54. The first kappa shape index (κ1) is 59.9. The van der Waals surface area contributed by atoms with E-state index >= 15 is 0 Å². The molecular weight excluding hydrogens is 1210 g/mol. The molecule has 19 rings (SSSR count). The predicted molar refractivity (Wildman–Crippen MR) is 428 cm³/mol. The molecule has 0 amide bonds. The first-order chi connectivity index (χ1) is 48.4. The highest BCUT2D eigenvalue weighted by Gasteiger charge is 2.40. The molecule has 0 atom stereocenters. The van der Waals surface area contributed by atoms with Crippen LogP contribution in [0.4, 0.5) is 34.1 Å². The fraction of sp³-hybridized carbons (Fsp3) is 0.143. The van der Waals surface area contributed by atoms with Gasteiger partial charge in [0.2, 0.25) is 0 Å². The third kappa shape index (κ3) is 8.88. The standard InChI is InChI=1S/C98H78N2/c1-59-27-37-67(38-28-59)99(71-43-49-81-89(57-71)97(7,8)86-51-33-61-20-12-15-23-75(61)93(81)86)69-41-47-79-84(56-69)92(65-32-46-78-77-25-17-18-26-85(77)96(5,6)88(78)54-65)80-48-42-70(55-83(80)91(79)64-31-45-74-63(53-64)30-29-60-19-11-14-22-73(60)74)100(68-39-35-66(36-40-68)95(2,3)4)72-44-50-82-90(58-72)98(9,10)87-52-34-62-21-13-16-24-76(62)94(82)87/h11-58H,1-10H3. The van der Waals surface area contributed by atoms with Crippen molar-refractivity contribution in [3.63, 3.8) is 0 Å². The molecule has 0 saturated carbocycles. The van der Waals surface area contributed by atoms with Crippen LogP contribution in [0.15, 0.2) is 291 Å². The zero-order chi connectivity index (χ0) is 67.9. The van der Waals surface area contributed by atoms with Gasteiger partial charge in [0.05, 0.1) is 0 Å². The van der Waals surface area contributed by atoms with Gasteiger partial charge in [-0.15, -0.1) is 0 Å². The number of anilines is 6. The second kappa shape index (κ2) is 21.6. The molecule has 3 aliphatic carbocycles. The van der Waals surface area contributed by atoms with Crippen molar-refractivity contribution in [2.45, 2.75) is 90.9 Å². The number of rotatable bonds is 8. The van der Waals surface area contributed by atoms with Crippen molar-refractivity contribution in [3.05, 3.63) is 336 Å². The van der Waals surface area contributed by atoms with Gasteiger partial charge in [-0.1, -0.05) is 274 Å². The normalized spacial score (nSPS) is 14.3. The highest BCUT2D eigenvalue weighted by atomic mass is 15.1. The molecule has 0 unspecified atom stereocenters. The van der Waals surface area contributed by atoms with Crippen LogP contribution in [0.3, 0.4) is 0 Å². The molecule has 0 N–H and O–H groups in total. The van der Waals surface area contributed by atoms with Crippen molar-refractivity contribution in [2.75, 3.05) is 9.80 Å². The molecule has 3 aliphatic rings. The van der Waals surface area contributed by atoms with Gasteiger partial charge in [-0.25, -0.2) is 0 Å². The van der Waals surface area contributed by atoms with E-state index in [0.717, 1.165) is 34.1 Å². The van der Waals surface area contributed by atoms with Gasteiger partial charge in [-0.2, -0.15) is 0 Å². The maximum atomic E-state index is 2.54. The first-order valence-corrected chi connectivity index (χ1v) is 35.7. The molecule has 2 nitrogen and oxygen atoms in total. The van der Waals surface area contributed by atoms with Crippen LogP contribution >= 0.6 is 0 Å². The van der Waals surface area contributed by atoms with Crippen molar-refractivity contribution in [3.8, 4) is 55.6 Å². The molecule has 0 spiro atoms. The summed E-state index contributed by atoms with van der Waals surface area (Å²) in [4.78, 5) is 5.04. The topological polar surface area (TPSA) is 6.48 Å². The van der Waals surface area contributed by atoms with Gasteiger partial charge in [0, 0.05) is 50.4 Å². The summed E-state index contributed by atoms with van der Waals surface area (Å²) >= 11 is 0. The van der Waals surface area contributed by atoms with E-state index in [1.54, 1.807) is 0 Å². The van der Waals surface area contributed by atoms with Crippen LogP contribution in [0.25, 0.3) is 120 Å². The van der Waals surface area contributed by atoms with Gasteiger partial charge in [0.25, 0.3) is 0 Å². The summed E-state index contributed by atoms with van der Waals surface area (Å²) in [6.45, 7) is 23.6. The maximum Gasteiger partial charge on any atom is 0.0468 e. The number of hydrogen-bond donors (Lipinski definition) is 0. The van der Waals surface area contributed by atoms with Crippen LogP contribution < -0.4 is 9.80 Å². The van der Waals surface area contributed by atoms with Crippen molar-refractivity contribution in [2.24, 2.45) is 0 Å². The average Bonchev–Trinajstić information content (AvgIpc) is 1.24. The summed E-state index contributed by atoms with van der Waals surface area (Å²) in [5, 5.41) is 14.9. The Morgan fingerprint density at radius 3 is 1.18 bits per heavy atom. The fourth-order valence-corrected chi connectivity index (χ4v) is 18.1. The SMILES string of the molecule is Cc1ccc(N(c2ccc3c(c2)C(C)(C)c2ccc4ccccc4c2-3)c2ccc3c(-c4ccc5c(ccc6ccccc65)c4)c4cc(N(c5ccc(C(C)(C)C)cc5)c5ccc6c(c5)C(C)(C)c5ccc7ccccc7c5-6)ccc4c(-c4ccc5c(c4)C(C)(C)c4ccccc4-5)c3c2)cc1. The Morgan fingerprint density at radius 1 is 0.240 bits per heavy atom. The molecule has 100 heavy (non-hydrogen) atoms. The highest BCUT2D eigenvalue weighted by molar-refractivity contribution is 6.24. The lowest BCUT2D eigenvalue weighted by atomic mass is 9.80. The Balaban J connectivity index is 0.893. The van der Waals surface area contributed by atoms with Crippen LogP contribution in [0.5, 0.6) is 0 Å². The zero-order valence-corrected chi connectivity index (χ0v) is 58.6. The quantitative estimate of drug-likeness (QED) is 0.111. The minimum Gasteiger partial charge on any atom is -0.310 e. The number of benzene rings is 16. The monoisotopic (exact) mass is 1280 g/mol. The molecule has 16 aromatic carbocycles. The Kier molecular flexibility index (Phi) is 12.9. The molecule has 0 aliphatic heterocycles. The molecule has 0 aromatic heterocycles. The summed E-state index contributed by atoms with van der Waals surface area (Å²) in [5.74, 6) is 0. The van der Waals surface area contributed by atoms with E-state index in [2.05, 4.69) is 370 Å². The summed E-state index contributed by atoms with van der Waals surface area (Å²) in [7, 11) is 0. The number of nitrogens with zero attached hydrogens (tertiary/aromatic N) is 2. The molecule has 0 radical (unpaired) electrons. The molecule has 0 saturated heterocycles. The predicted octanol–water partition coefficient (Wildman–Crippen LogP) is 27.4. The number of hydrogen-bond acceptors (Lipinski definition) is 2. The van der Waals surface area contributed by atoms with E-state index in [9.17, 15) is 0 Å². The van der Waals surface area contributed by atoms with E-state index in [1.807, 2.05) is 0 Å². The summed E-state index contributed by atoms with van der Waals surface area (Å²) in [6.07, 6.45) is 0. The third-order valence-corrected chi connectivity index (χ3v) is 23.4. The second-order valence-corrected chi connectivity index (χ2v) is 31.3. The van der Waals surface area contributed by atoms with Crippen LogP contribution in [0.1, 0.15) is 107 Å². The largest absolute Gasteiger partial charge is 0.310 e. The van der Waals surface area contributed by atoms with E-state index in [1.165, 1.54) is 165 Å². The van der Waals surface area contributed by atoms with Gasteiger partial charge in [-0.05, 0) is 256 Å². The molecule has 16 aromatic rings. The van der Waals surface area contributed by atoms with E-state index in [0.29, 0.717) is 0 Å². The van der Waals surface area contributed by atoms with Crippen LogP contribution in [-0.2, 0) is 21.7 Å². The van der Waals surface area contributed by atoms with Gasteiger partial charge in [-0.3, -0.25) is 0 Å². The molecular formula is C98H78N2. The van der Waals surface area contributed by atoms with Gasteiger partial charge in [0.15, 0.2) is 0 Å². The Hall–Kier alpha value is -11.3. The first-order valence-electron chi connectivity index (χ1n) is 35.7. The van der Waals surface area contributed by atoms with E-state index in [4.69, 9.17) is 0 Å². The molecule has 480 valence electrons. The van der Waals surface area contributed by atoms with E-state index < -0.39 is 0 Å². The minimum atomic E-state index is -0.240. The van der Waals surface area contributed by atoms with Crippen molar-refractivity contribution < 1.29 is 0 Å². The Morgan fingerprint density at radius 2 is 0.620 bits per heavy atom. The van der Waals surface area contributed by atoms with Crippen molar-refractivity contribution >= 4 is 98.8 Å². The molecule has 0 fully saturated rings. The lowest BCUT2D eigenvalue weighted by Crippen LogP contribution is -2.17.